The lowest BCUT2D eigenvalue weighted by Crippen LogP contribution is -1.96. The van der Waals surface area contributed by atoms with Gasteiger partial charge in [0.2, 0.25) is 0 Å². The molecular weight excluding hydrogens is 194 g/mol. The van der Waals surface area contributed by atoms with Crippen LogP contribution in [0.4, 0.5) is 0 Å². The third-order valence-electron chi connectivity index (χ3n) is 1.50. The van der Waals surface area contributed by atoms with E-state index in [2.05, 4.69) is 16.3 Å². The third-order valence-corrected chi connectivity index (χ3v) is 1.50. The number of aromatic nitrogens is 1. The second-order valence-electron chi connectivity index (χ2n) is 2.56. The van der Waals surface area contributed by atoms with E-state index in [1.165, 1.54) is 0 Å². The van der Waals surface area contributed by atoms with Crippen LogP contribution in [0.5, 0.6) is 0 Å². The number of carbonyl (C=O) groups excluding carboxylic acids is 2. The van der Waals surface area contributed by atoms with E-state index in [1.807, 2.05) is 12.1 Å². The standard InChI is InChI=1S/C7H7N.C4H2O3/c1-2-7-3-5-8-6-4-7;5-3-1-2-4(6)7-3/h2-6H,1H2;1-2H. The van der Waals surface area contributed by atoms with Gasteiger partial charge in [-0.15, -0.1) is 0 Å². The quantitative estimate of drug-likeness (QED) is 0.510. The summed E-state index contributed by atoms with van der Waals surface area (Å²) in [6, 6.07) is 3.82. The van der Waals surface area contributed by atoms with Crippen molar-refractivity contribution < 1.29 is 14.3 Å². The maximum Gasteiger partial charge on any atom is 0.338 e. The summed E-state index contributed by atoms with van der Waals surface area (Å²) in [5, 5.41) is 0. The molecule has 1 aliphatic rings. The Morgan fingerprint density at radius 3 is 1.93 bits per heavy atom. The highest BCUT2D eigenvalue weighted by Gasteiger charge is 2.10. The zero-order valence-corrected chi connectivity index (χ0v) is 7.92. The summed E-state index contributed by atoms with van der Waals surface area (Å²) in [7, 11) is 0. The highest BCUT2D eigenvalue weighted by Crippen LogP contribution is 1.95. The van der Waals surface area contributed by atoms with E-state index in [-0.39, 0.29) is 0 Å². The highest BCUT2D eigenvalue weighted by atomic mass is 16.6. The lowest BCUT2D eigenvalue weighted by molar-refractivity contribution is -0.150. The molecule has 0 fully saturated rings. The van der Waals surface area contributed by atoms with Crippen LogP contribution in [0.1, 0.15) is 5.56 Å². The van der Waals surface area contributed by atoms with E-state index in [1.54, 1.807) is 18.5 Å². The first-order valence-electron chi connectivity index (χ1n) is 4.18. The molecule has 1 aromatic heterocycles. The number of cyclic esters (lactones) is 2. The summed E-state index contributed by atoms with van der Waals surface area (Å²) >= 11 is 0. The molecule has 2 heterocycles. The molecule has 0 saturated heterocycles. The number of carbonyl (C=O) groups is 2. The van der Waals surface area contributed by atoms with E-state index >= 15 is 0 Å². The SMILES string of the molecule is C=Cc1ccncc1.O=C1C=CC(=O)O1. The van der Waals surface area contributed by atoms with Gasteiger partial charge >= 0.3 is 11.9 Å². The average molecular weight is 203 g/mol. The van der Waals surface area contributed by atoms with Gasteiger partial charge in [-0.3, -0.25) is 4.98 Å². The Morgan fingerprint density at radius 2 is 1.67 bits per heavy atom. The summed E-state index contributed by atoms with van der Waals surface area (Å²) in [6.45, 7) is 3.60. The van der Waals surface area contributed by atoms with Gasteiger partial charge in [0.1, 0.15) is 0 Å². The number of ether oxygens (including phenoxy) is 1. The van der Waals surface area contributed by atoms with Crippen LogP contribution in [0.3, 0.4) is 0 Å². The predicted molar refractivity (Wildman–Crippen MR) is 54.6 cm³/mol. The van der Waals surface area contributed by atoms with Crippen LogP contribution in [0.15, 0.2) is 43.3 Å². The van der Waals surface area contributed by atoms with Crippen molar-refractivity contribution in [1.29, 1.82) is 0 Å². The van der Waals surface area contributed by atoms with E-state index in [4.69, 9.17) is 0 Å². The first kappa shape index (κ1) is 10.8. The van der Waals surface area contributed by atoms with Crippen LogP contribution in [0.2, 0.25) is 0 Å². The highest BCUT2D eigenvalue weighted by molar-refractivity contribution is 6.04. The Bertz CT molecular complexity index is 380. The molecule has 0 amide bonds. The topological polar surface area (TPSA) is 56.3 Å². The van der Waals surface area contributed by atoms with Crippen molar-refractivity contribution in [2.75, 3.05) is 0 Å². The summed E-state index contributed by atoms with van der Waals surface area (Å²) < 4.78 is 3.97. The molecule has 15 heavy (non-hydrogen) atoms. The largest absolute Gasteiger partial charge is 0.387 e. The van der Waals surface area contributed by atoms with Crippen molar-refractivity contribution in [2.24, 2.45) is 0 Å². The molecule has 0 N–H and O–H groups in total. The molecule has 2 rings (SSSR count). The molecule has 0 aromatic carbocycles. The van der Waals surface area contributed by atoms with Gasteiger partial charge in [-0.25, -0.2) is 9.59 Å². The zero-order chi connectivity index (χ0) is 11.1. The minimum atomic E-state index is -0.579. The Morgan fingerprint density at radius 1 is 1.13 bits per heavy atom. The van der Waals surface area contributed by atoms with Crippen LogP contribution >= 0.6 is 0 Å². The van der Waals surface area contributed by atoms with Crippen LogP contribution in [-0.2, 0) is 14.3 Å². The zero-order valence-electron chi connectivity index (χ0n) is 7.92. The molecule has 0 atom stereocenters. The van der Waals surface area contributed by atoms with Crippen molar-refractivity contribution >= 4 is 18.0 Å². The lowest BCUT2D eigenvalue weighted by Gasteiger charge is -1.84. The van der Waals surface area contributed by atoms with Gasteiger partial charge in [0.05, 0.1) is 0 Å². The maximum atomic E-state index is 9.92. The fourth-order valence-electron chi connectivity index (χ4n) is 0.803. The summed E-state index contributed by atoms with van der Waals surface area (Å²) in [5.74, 6) is -1.16. The van der Waals surface area contributed by atoms with E-state index in [0.717, 1.165) is 17.7 Å². The Kier molecular flexibility index (Phi) is 3.97. The molecule has 4 nitrogen and oxygen atoms in total. The Balaban J connectivity index is 0.000000151. The van der Waals surface area contributed by atoms with Gasteiger partial charge in [-0.05, 0) is 17.7 Å². The minimum Gasteiger partial charge on any atom is -0.387 e. The van der Waals surface area contributed by atoms with Crippen LogP contribution in [0.25, 0.3) is 6.08 Å². The number of nitrogens with zero attached hydrogens (tertiary/aromatic N) is 1. The Hall–Kier alpha value is -2.23. The molecular formula is C11H9NO3. The average Bonchev–Trinajstić information content (AvgIpc) is 2.65. The van der Waals surface area contributed by atoms with Crippen LogP contribution in [0, 0.1) is 0 Å². The second kappa shape index (κ2) is 5.49. The number of pyridine rings is 1. The molecule has 1 aliphatic heterocycles. The molecule has 0 aliphatic carbocycles. The van der Waals surface area contributed by atoms with Crippen LogP contribution < -0.4 is 0 Å². The van der Waals surface area contributed by atoms with Crippen molar-refractivity contribution in [1.82, 2.24) is 4.98 Å². The molecule has 4 heteroatoms. The maximum absolute atomic E-state index is 9.92. The second-order valence-corrected chi connectivity index (χ2v) is 2.56. The smallest absolute Gasteiger partial charge is 0.338 e. The predicted octanol–water partition coefficient (Wildman–Crippen LogP) is 1.35. The Labute approximate surface area is 86.9 Å². The van der Waals surface area contributed by atoms with Crippen molar-refractivity contribution in [2.45, 2.75) is 0 Å². The minimum absolute atomic E-state index is 0.579. The molecule has 76 valence electrons. The van der Waals surface area contributed by atoms with Crippen molar-refractivity contribution in [3.63, 3.8) is 0 Å². The van der Waals surface area contributed by atoms with Gasteiger partial charge in [0.15, 0.2) is 0 Å². The van der Waals surface area contributed by atoms with Gasteiger partial charge in [0, 0.05) is 24.5 Å². The first-order chi connectivity index (χ1) is 7.22. The van der Waals surface area contributed by atoms with Crippen molar-refractivity contribution in [3.8, 4) is 0 Å². The molecule has 1 aromatic rings. The molecule has 0 saturated carbocycles. The molecule has 0 spiro atoms. The number of esters is 2. The van der Waals surface area contributed by atoms with Gasteiger partial charge in [0.25, 0.3) is 0 Å². The summed E-state index contributed by atoms with van der Waals surface area (Å²) in [5.41, 5.74) is 1.11. The van der Waals surface area contributed by atoms with E-state index in [9.17, 15) is 9.59 Å². The normalized spacial score (nSPS) is 12.8. The first-order valence-corrected chi connectivity index (χ1v) is 4.18. The van der Waals surface area contributed by atoms with Gasteiger partial charge < -0.3 is 4.74 Å². The summed E-state index contributed by atoms with van der Waals surface area (Å²) in [4.78, 5) is 23.7. The molecule has 0 unspecified atom stereocenters. The van der Waals surface area contributed by atoms with Gasteiger partial charge in [-0.1, -0.05) is 12.7 Å². The monoisotopic (exact) mass is 203 g/mol. The molecule has 0 radical (unpaired) electrons. The number of rotatable bonds is 1. The summed E-state index contributed by atoms with van der Waals surface area (Å²) in [6.07, 6.45) is 7.46. The lowest BCUT2D eigenvalue weighted by atomic mass is 10.3. The number of hydrogen-bond acceptors (Lipinski definition) is 4. The third kappa shape index (κ3) is 3.99. The number of hydrogen-bond donors (Lipinski definition) is 0. The van der Waals surface area contributed by atoms with Gasteiger partial charge in [-0.2, -0.15) is 0 Å². The fraction of sp³-hybridized carbons (Fsp3) is 0. The van der Waals surface area contributed by atoms with Crippen molar-refractivity contribution in [3.05, 3.63) is 48.8 Å². The van der Waals surface area contributed by atoms with Crippen LogP contribution in [-0.4, -0.2) is 16.9 Å². The van der Waals surface area contributed by atoms with E-state index < -0.39 is 11.9 Å². The fourth-order valence-corrected chi connectivity index (χ4v) is 0.803. The molecule has 0 bridgehead atoms. The van der Waals surface area contributed by atoms with E-state index in [0.29, 0.717) is 0 Å².